The van der Waals surface area contributed by atoms with Crippen molar-refractivity contribution < 1.29 is 14.3 Å². The van der Waals surface area contributed by atoms with Gasteiger partial charge in [-0.3, -0.25) is 4.79 Å². The molecule has 5 heteroatoms. The van der Waals surface area contributed by atoms with Gasteiger partial charge in [0, 0.05) is 17.9 Å². The summed E-state index contributed by atoms with van der Waals surface area (Å²) < 4.78 is 5.25. The van der Waals surface area contributed by atoms with Gasteiger partial charge in [-0.05, 0) is 56.0 Å². The Morgan fingerprint density at radius 2 is 1.68 bits per heavy atom. The fourth-order valence-corrected chi connectivity index (χ4v) is 2.14. The fraction of sp³-hybridized carbons (Fsp3) is 0.412. The maximum atomic E-state index is 11.2. The third-order valence-corrected chi connectivity index (χ3v) is 3.86. The largest absolute Gasteiger partial charge is 0.422 e. The zero-order valence-corrected chi connectivity index (χ0v) is 13.7. The Kier molecular flexibility index (Phi) is 6.31. The van der Waals surface area contributed by atoms with Gasteiger partial charge < -0.3 is 14.8 Å². The van der Waals surface area contributed by atoms with Crippen LogP contribution in [0.25, 0.3) is 11.0 Å². The first-order valence-electron chi connectivity index (χ1n) is 7.21. The molecule has 22 heavy (non-hydrogen) atoms. The highest BCUT2D eigenvalue weighted by Crippen LogP contribution is 2.27. The van der Waals surface area contributed by atoms with Crippen molar-refractivity contribution in [3.05, 3.63) is 44.8 Å². The third-order valence-electron chi connectivity index (χ3n) is 3.86. The zero-order valence-electron chi connectivity index (χ0n) is 13.7. The second kappa shape index (κ2) is 7.75. The first-order chi connectivity index (χ1) is 10.3. The summed E-state index contributed by atoms with van der Waals surface area (Å²) in [6.07, 6.45) is 0.431. The van der Waals surface area contributed by atoms with Crippen molar-refractivity contribution in [3.63, 3.8) is 0 Å². The minimum absolute atomic E-state index is 0.123. The normalized spacial score (nSPS) is 10.1. The van der Waals surface area contributed by atoms with Crippen molar-refractivity contribution in [1.82, 2.24) is 5.32 Å². The number of hydrogen-bond acceptors (Lipinski definition) is 4. The molecular formula is C17H23NO4. The average Bonchev–Trinajstić information content (AvgIpc) is 2.51. The SMILES string of the molecule is CCC(=O)NCO.Cc1c(C)c(C)c2oc(=O)ccc2c1C. The molecule has 0 aliphatic heterocycles. The van der Waals surface area contributed by atoms with E-state index in [2.05, 4.69) is 26.1 Å². The van der Waals surface area contributed by atoms with E-state index in [-0.39, 0.29) is 18.3 Å². The summed E-state index contributed by atoms with van der Waals surface area (Å²) in [5.41, 5.74) is 5.17. The number of carbonyl (C=O) groups excluding carboxylic acids is 1. The van der Waals surface area contributed by atoms with Crippen LogP contribution in [0.4, 0.5) is 0 Å². The van der Waals surface area contributed by atoms with Crippen molar-refractivity contribution in [2.45, 2.75) is 41.0 Å². The molecule has 0 aliphatic rings. The van der Waals surface area contributed by atoms with Gasteiger partial charge in [0.15, 0.2) is 0 Å². The van der Waals surface area contributed by atoms with Crippen LogP contribution in [0, 0.1) is 27.7 Å². The molecule has 5 nitrogen and oxygen atoms in total. The van der Waals surface area contributed by atoms with Crippen LogP contribution < -0.4 is 10.9 Å². The quantitative estimate of drug-likeness (QED) is 0.660. The number of benzene rings is 1. The Morgan fingerprint density at radius 1 is 1.09 bits per heavy atom. The van der Waals surface area contributed by atoms with Crippen LogP contribution in [-0.2, 0) is 4.79 Å². The van der Waals surface area contributed by atoms with Gasteiger partial charge in [-0.25, -0.2) is 4.79 Å². The van der Waals surface area contributed by atoms with Crippen molar-refractivity contribution in [3.8, 4) is 0 Å². The highest BCUT2D eigenvalue weighted by Gasteiger charge is 2.10. The van der Waals surface area contributed by atoms with Gasteiger partial charge in [-0.1, -0.05) is 6.92 Å². The van der Waals surface area contributed by atoms with Gasteiger partial charge in [-0.2, -0.15) is 0 Å². The van der Waals surface area contributed by atoms with Crippen molar-refractivity contribution in [2.24, 2.45) is 0 Å². The molecule has 2 rings (SSSR count). The molecule has 2 aromatic rings. The van der Waals surface area contributed by atoms with E-state index in [4.69, 9.17) is 9.52 Å². The molecule has 0 unspecified atom stereocenters. The summed E-state index contributed by atoms with van der Waals surface area (Å²) in [5, 5.41) is 11.3. The molecule has 0 atom stereocenters. The van der Waals surface area contributed by atoms with Crippen LogP contribution in [-0.4, -0.2) is 17.7 Å². The molecule has 0 radical (unpaired) electrons. The van der Waals surface area contributed by atoms with Gasteiger partial charge >= 0.3 is 5.63 Å². The van der Waals surface area contributed by atoms with Crippen LogP contribution in [0.15, 0.2) is 21.3 Å². The molecule has 0 bridgehead atoms. The number of carbonyl (C=O) groups is 1. The number of fused-ring (bicyclic) bond motifs is 1. The van der Waals surface area contributed by atoms with Gasteiger partial charge in [0.25, 0.3) is 0 Å². The summed E-state index contributed by atoms with van der Waals surface area (Å²) in [5.74, 6) is -0.123. The minimum Gasteiger partial charge on any atom is -0.422 e. The average molecular weight is 305 g/mol. The third kappa shape index (κ3) is 3.95. The summed E-state index contributed by atoms with van der Waals surface area (Å²) in [6.45, 7) is 9.68. The molecule has 120 valence electrons. The monoisotopic (exact) mass is 305 g/mol. The molecule has 0 spiro atoms. The Morgan fingerprint density at radius 3 is 2.18 bits per heavy atom. The van der Waals surface area contributed by atoms with Crippen molar-refractivity contribution in [1.29, 1.82) is 0 Å². The van der Waals surface area contributed by atoms with E-state index < -0.39 is 0 Å². The molecule has 0 aliphatic carbocycles. The first kappa shape index (κ1) is 17.9. The van der Waals surface area contributed by atoms with Crippen molar-refractivity contribution in [2.75, 3.05) is 6.73 Å². The lowest BCUT2D eigenvalue weighted by molar-refractivity contribution is -0.121. The summed E-state index contributed by atoms with van der Waals surface area (Å²) in [7, 11) is 0. The number of hydrogen-bond donors (Lipinski definition) is 2. The predicted octanol–water partition coefficient (Wildman–Crippen LogP) is 2.49. The van der Waals surface area contributed by atoms with Crippen LogP contribution in [0.1, 0.15) is 35.6 Å². The van der Waals surface area contributed by atoms with Gasteiger partial charge in [0.05, 0.1) is 0 Å². The van der Waals surface area contributed by atoms with Crippen LogP contribution in [0.2, 0.25) is 0 Å². The fourth-order valence-electron chi connectivity index (χ4n) is 2.14. The molecule has 0 fully saturated rings. The number of amides is 1. The molecule has 2 N–H and O–H groups in total. The standard InChI is InChI=1S/C13H14O2.C4H9NO2/c1-7-8(2)10(4)13-11(9(7)3)5-6-12(14)15-13;1-2-4(7)5-3-6/h5-6H,1-4H3;6H,2-3H2,1H3,(H,5,7). The topological polar surface area (TPSA) is 79.5 Å². The maximum Gasteiger partial charge on any atom is 0.336 e. The summed E-state index contributed by atoms with van der Waals surface area (Å²) >= 11 is 0. The molecule has 1 aromatic carbocycles. The molecule has 1 aromatic heterocycles. The lowest BCUT2D eigenvalue weighted by atomic mass is 9.95. The van der Waals surface area contributed by atoms with E-state index in [0.717, 1.165) is 16.5 Å². The lowest BCUT2D eigenvalue weighted by Gasteiger charge is -2.11. The molecule has 0 saturated heterocycles. The number of aliphatic hydroxyl groups is 1. The molecule has 0 saturated carbocycles. The molecule has 1 heterocycles. The zero-order chi connectivity index (χ0) is 16.9. The number of aliphatic hydroxyl groups excluding tert-OH is 1. The van der Waals surface area contributed by atoms with E-state index >= 15 is 0 Å². The van der Waals surface area contributed by atoms with Gasteiger partial charge in [-0.15, -0.1) is 0 Å². The van der Waals surface area contributed by atoms with E-state index in [0.29, 0.717) is 6.42 Å². The van der Waals surface area contributed by atoms with E-state index in [9.17, 15) is 9.59 Å². The molecular weight excluding hydrogens is 282 g/mol. The Balaban J connectivity index is 0.000000295. The van der Waals surface area contributed by atoms with Crippen LogP contribution in [0.5, 0.6) is 0 Å². The molecule has 1 amide bonds. The lowest BCUT2D eigenvalue weighted by Crippen LogP contribution is -2.22. The Labute approximate surface area is 130 Å². The second-order valence-corrected chi connectivity index (χ2v) is 5.11. The van der Waals surface area contributed by atoms with E-state index in [1.807, 2.05) is 13.0 Å². The predicted molar refractivity (Wildman–Crippen MR) is 87.0 cm³/mol. The second-order valence-electron chi connectivity index (χ2n) is 5.11. The minimum atomic E-state index is -0.284. The Bertz CT molecular complexity index is 731. The number of aryl methyl sites for hydroxylation is 2. The van der Waals surface area contributed by atoms with E-state index in [1.165, 1.54) is 22.8 Å². The van der Waals surface area contributed by atoms with Gasteiger partial charge in [0.2, 0.25) is 5.91 Å². The number of nitrogens with one attached hydrogen (secondary N) is 1. The van der Waals surface area contributed by atoms with Crippen molar-refractivity contribution >= 4 is 16.9 Å². The van der Waals surface area contributed by atoms with E-state index in [1.54, 1.807) is 6.92 Å². The van der Waals surface area contributed by atoms with Crippen LogP contribution >= 0.6 is 0 Å². The summed E-state index contributed by atoms with van der Waals surface area (Å²) in [6, 6.07) is 3.32. The highest BCUT2D eigenvalue weighted by atomic mass is 16.4. The maximum absolute atomic E-state index is 11.2. The first-order valence-corrected chi connectivity index (χ1v) is 7.21. The highest BCUT2D eigenvalue weighted by molar-refractivity contribution is 5.85. The van der Waals surface area contributed by atoms with Gasteiger partial charge in [0.1, 0.15) is 12.3 Å². The van der Waals surface area contributed by atoms with Crippen LogP contribution in [0.3, 0.4) is 0 Å². The smallest absolute Gasteiger partial charge is 0.336 e. The Hall–Kier alpha value is -2.14. The number of rotatable bonds is 2. The summed E-state index contributed by atoms with van der Waals surface area (Å²) in [4.78, 5) is 21.3.